The zero-order valence-corrected chi connectivity index (χ0v) is 9.71. The van der Waals surface area contributed by atoms with Gasteiger partial charge in [0.25, 0.3) is 0 Å². The van der Waals surface area contributed by atoms with Crippen molar-refractivity contribution in [3.63, 3.8) is 0 Å². The van der Waals surface area contributed by atoms with E-state index in [4.69, 9.17) is 5.11 Å². The number of hydrogen-bond donors (Lipinski definition) is 2. The van der Waals surface area contributed by atoms with Crippen LogP contribution in [0.5, 0.6) is 0 Å². The Morgan fingerprint density at radius 3 is 2.21 bits per heavy atom. The molecule has 0 aromatic heterocycles. The molecule has 0 aliphatic heterocycles. The Balaban J connectivity index is 3.79. The Bertz CT molecular complexity index is 167. The zero-order chi connectivity index (χ0) is 11.1. The Morgan fingerprint density at radius 1 is 1.29 bits per heavy atom. The van der Waals surface area contributed by atoms with Crippen molar-refractivity contribution in [2.45, 2.75) is 46.6 Å². The first-order valence-corrected chi connectivity index (χ1v) is 5.37. The lowest BCUT2D eigenvalue weighted by molar-refractivity contribution is -0.122. The Hall–Kier alpha value is -0.570. The molecule has 14 heavy (non-hydrogen) atoms. The highest BCUT2D eigenvalue weighted by Gasteiger charge is 2.14. The molecule has 0 aliphatic carbocycles. The monoisotopic (exact) mass is 201 g/mol. The largest absolute Gasteiger partial charge is 0.394 e. The molecule has 0 aromatic rings. The average Bonchev–Trinajstić information content (AvgIpc) is 2.10. The molecule has 0 unspecified atom stereocenters. The molecule has 2 N–H and O–H groups in total. The highest BCUT2D eigenvalue weighted by atomic mass is 16.3. The minimum atomic E-state index is -0.102. The summed E-state index contributed by atoms with van der Waals surface area (Å²) >= 11 is 0. The number of aliphatic hydroxyl groups is 1. The maximum absolute atomic E-state index is 11.4. The summed E-state index contributed by atoms with van der Waals surface area (Å²) in [6, 6.07) is -0.102. The molecular weight excluding hydrogens is 178 g/mol. The van der Waals surface area contributed by atoms with Gasteiger partial charge in [0.1, 0.15) is 0 Å². The van der Waals surface area contributed by atoms with Gasteiger partial charge in [0, 0.05) is 6.42 Å². The number of carbonyl (C=O) groups is 1. The molecule has 1 amide bonds. The van der Waals surface area contributed by atoms with Crippen molar-refractivity contribution in [1.82, 2.24) is 5.32 Å². The molecule has 84 valence electrons. The summed E-state index contributed by atoms with van der Waals surface area (Å²) in [5.41, 5.74) is 0. The summed E-state index contributed by atoms with van der Waals surface area (Å²) in [6.07, 6.45) is 1.46. The van der Waals surface area contributed by atoms with Crippen LogP contribution in [0.3, 0.4) is 0 Å². The molecule has 0 saturated heterocycles. The van der Waals surface area contributed by atoms with E-state index in [1.54, 1.807) is 0 Å². The van der Waals surface area contributed by atoms with Crippen LogP contribution in [0.15, 0.2) is 0 Å². The van der Waals surface area contributed by atoms with Gasteiger partial charge in [0.2, 0.25) is 5.91 Å². The number of carbonyl (C=O) groups excluding carboxylic acids is 1. The molecule has 0 fully saturated rings. The van der Waals surface area contributed by atoms with Gasteiger partial charge in [-0.2, -0.15) is 0 Å². The van der Waals surface area contributed by atoms with Crippen molar-refractivity contribution >= 4 is 5.91 Å². The normalized spacial score (nSPS) is 13.4. The van der Waals surface area contributed by atoms with Crippen molar-refractivity contribution in [3.05, 3.63) is 0 Å². The third kappa shape index (κ3) is 5.97. The molecule has 0 radical (unpaired) electrons. The van der Waals surface area contributed by atoms with Crippen molar-refractivity contribution in [3.8, 4) is 0 Å². The molecule has 3 heteroatoms. The molecule has 0 saturated carbocycles. The highest BCUT2D eigenvalue weighted by molar-refractivity contribution is 5.76. The minimum absolute atomic E-state index is 0.0189. The second kappa shape index (κ2) is 6.82. The van der Waals surface area contributed by atoms with Gasteiger partial charge in [-0.15, -0.1) is 0 Å². The van der Waals surface area contributed by atoms with E-state index in [1.807, 2.05) is 13.8 Å². The van der Waals surface area contributed by atoms with Gasteiger partial charge in [-0.05, 0) is 18.3 Å². The molecule has 1 atom stereocenters. The number of amides is 1. The first-order valence-electron chi connectivity index (χ1n) is 5.37. The van der Waals surface area contributed by atoms with Crippen LogP contribution in [0.25, 0.3) is 0 Å². The third-order valence-electron chi connectivity index (χ3n) is 2.30. The van der Waals surface area contributed by atoms with Crippen molar-refractivity contribution in [2.75, 3.05) is 6.61 Å². The molecule has 0 aliphatic rings. The van der Waals surface area contributed by atoms with Crippen molar-refractivity contribution < 1.29 is 9.90 Å². The zero-order valence-electron chi connectivity index (χ0n) is 9.71. The van der Waals surface area contributed by atoms with Crippen molar-refractivity contribution in [1.29, 1.82) is 0 Å². The van der Waals surface area contributed by atoms with Gasteiger partial charge in [-0.1, -0.05) is 27.7 Å². The molecule has 0 spiro atoms. The van der Waals surface area contributed by atoms with Gasteiger partial charge >= 0.3 is 0 Å². The fourth-order valence-electron chi connectivity index (χ4n) is 1.12. The number of hydrogen-bond acceptors (Lipinski definition) is 2. The lowest BCUT2D eigenvalue weighted by Gasteiger charge is -2.20. The van der Waals surface area contributed by atoms with Crippen LogP contribution in [0.1, 0.15) is 40.5 Å². The first kappa shape index (κ1) is 13.4. The average molecular weight is 201 g/mol. The second-order valence-electron chi connectivity index (χ2n) is 4.53. The molecule has 0 heterocycles. The smallest absolute Gasteiger partial charge is 0.220 e. The van der Waals surface area contributed by atoms with Crippen LogP contribution in [0.4, 0.5) is 0 Å². The van der Waals surface area contributed by atoms with E-state index in [1.165, 1.54) is 0 Å². The van der Waals surface area contributed by atoms with E-state index in [-0.39, 0.29) is 24.5 Å². The fraction of sp³-hybridized carbons (Fsp3) is 0.909. The Labute approximate surface area is 86.9 Å². The summed E-state index contributed by atoms with van der Waals surface area (Å²) in [5.74, 6) is 0.877. The molecular formula is C11H23NO2. The van der Waals surface area contributed by atoms with Gasteiger partial charge in [-0.3, -0.25) is 4.79 Å². The number of rotatable bonds is 6. The molecule has 0 rings (SSSR count). The van der Waals surface area contributed by atoms with Gasteiger partial charge in [0.05, 0.1) is 12.6 Å². The molecule has 3 nitrogen and oxygen atoms in total. The Morgan fingerprint density at radius 2 is 1.86 bits per heavy atom. The van der Waals surface area contributed by atoms with Gasteiger partial charge in [-0.25, -0.2) is 0 Å². The molecule has 0 aromatic carbocycles. The Kier molecular flexibility index (Phi) is 6.54. The van der Waals surface area contributed by atoms with Crippen LogP contribution in [-0.2, 0) is 4.79 Å². The maximum Gasteiger partial charge on any atom is 0.220 e. The predicted octanol–water partition coefficient (Wildman–Crippen LogP) is 1.56. The van der Waals surface area contributed by atoms with E-state index in [0.717, 1.165) is 6.42 Å². The predicted molar refractivity (Wildman–Crippen MR) is 57.9 cm³/mol. The SMILES string of the molecule is CC(C)CCC(=O)N[C@H](CO)C(C)C. The van der Waals surface area contributed by atoms with Crippen LogP contribution in [0.2, 0.25) is 0 Å². The lowest BCUT2D eigenvalue weighted by atomic mass is 10.0. The number of nitrogens with one attached hydrogen (secondary N) is 1. The summed E-state index contributed by atoms with van der Waals surface area (Å²) in [7, 11) is 0. The van der Waals surface area contributed by atoms with E-state index >= 15 is 0 Å². The summed E-state index contributed by atoms with van der Waals surface area (Å²) < 4.78 is 0. The maximum atomic E-state index is 11.4. The fourth-order valence-corrected chi connectivity index (χ4v) is 1.12. The van der Waals surface area contributed by atoms with Crippen LogP contribution in [0, 0.1) is 11.8 Å². The van der Waals surface area contributed by atoms with E-state index in [0.29, 0.717) is 12.3 Å². The van der Waals surface area contributed by atoms with Crippen LogP contribution >= 0.6 is 0 Å². The summed E-state index contributed by atoms with van der Waals surface area (Å²) in [4.78, 5) is 11.4. The summed E-state index contributed by atoms with van der Waals surface area (Å²) in [5, 5.41) is 11.8. The standard InChI is InChI=1S/C11H23NO2/c1-8(2)5-6-11(14)12-10(7-13)9(3)4/h8-10,13H,5-7H2,1-4H3,(H,12,14)/t10-/m1/s1. The lowest BCUT2D eigenvalue weighted by Crippen LogP contribution is -2.41. The van der Waals surface area contributed by atoms with Gasteiger partial charge < -0.3 is 10.4 Å². The molecule has 0 bridgehead atoms. The quantitative estimate of drug-likeness (QED) is 0.685. The highest BCUT2D eigenvalue weighted by Crippen LogP contribution is 2.05. The van der Waals surface area contributed by atoms with Crippen LogP contribution < -0.4 is 5.32 Å². The van der Waals surface area contributed by atoms with E-state index in [2.05, 4.69) is 19.2 Å². The van der Waals surface area contributed by atoms with E-state index < -0.39 is 0 Å². The third-order valence-corrected chi connectivity index (χ3v) is 2.30. The summed E-state index contributed by atoms with van der Waals surface area (Å²) in [6.45, 7) is 8.19. The van der Waals surface area contributed by atoms with Crippen molar-refractivity contribution in [2.24, 2.45) is 11.8 Å². The second-order valence-corrected chi connectivity index (χ2v) is 4.53. The van der Waals surface area contributed by atoms with Gasteiger partial charge in [0.15, 0.2) is 0 Å². The van der Waals surface area contributed by atoms with E-state index in [9.17, 15) is 4.79 Å². The first-order chi connectivity index (χ1) is 6.47. The minimum Gasteiger partial charge on any atom is -0.394 e. The topological polar surface area (TPSA) is 49.3 Å². The van der Waals surface area contributed by atoms with Crippen LogP contribution in [-0.4, -0.2) is 23.7 Å². The number of aliphatic hydroxyl groups excluding tert-OH is 1.